The van der Waals surface area contributed by atoms with E-state index in [4.69, 9.17) is 0 Å². The van der Waals surface area contributed by atoms with Crippen LogP contribution in [0.3, 0.4) is 0 Å². The summed E-state index contributed by atoms with van der Waals surface area (Å²) in [6, 6.07) is 8.79. The second-order valence-corrected chi connectivity index (χ2v) is 5.29. The zero-order chi connectivity index (χ0) is 12.7. The van der Waals surface area contributed by atoms with Crippen molar-refractivity contribution < 1.29 is 0 Å². The molecule has 96 valence electrons. The van der Waals surface area contributed by atoms with E-state index in [0.717, 1.165) is 13.1 Å². The average Bonchev–Trinajstić information content (AvgIpc) is 2.38. The van der Waals surface area contributed by atoms with E-state index in [1.165, 1.54) is 17.0 Å². The first-order valence-electron chi connectivity index (χ1n) is 6.21. The standard InChI is InChI=1S/C14H24N2S/c1-5-12(10-15-2)11-16(3)13-6-8-14(17-4)9-7-13/h6-9,12,15H,5,10-11H2,1-4H3. The number of thioether (sulfide) groups is 1. The van der Waals surface area contributed by atoms with Crippen LogP contribution in [-0.2, 0) is 0 Å². The summed E-state index contributed by atoms with van der Waals surface area (Å²) >= 11 is 1.79. The summed E-state index contributed by atoms with van der Waals surface area (Å²) in [5, 5.41) is 3.26. The lowest BCUT2D eigenvalue weighted by molar-refractivity contribution is 0.485. The molecule has 0 aliphatic carbocycles. The van der Waals surface area contributed by atoms with Crippen LogP contribution >= 0.6 is 11.8 Å². The molecule has 0 saturated heterocycles. The maximum absolute atomic E-state index is 3.26. The number of rotatable bonds is 7. The maximum Gasteiger partial charge on any atom is 0.0364 e. The van der Waals surface area contributed by atoms with E-state index in [-0.39, 0.29) is 0 Å². The Hall–Kier alpha value is -0.670. The number of nitrogens with zero attached hydrogens (tertiary/aromatic N) is 1. The minimum absolute atomic E-state index is 0.713. The molecule has 17 heavy (non-hydrogen) atoms. The van der Waals surface area contributed by atoms with Gasteiger partial charge in [0.1, 0.15) is 0 Å². The summed E-state index contributed by atoms with van der Waals surface area (Å²) in [4.78, 5) is 3.67. The third kappa shape index (κ3) is 4.60. The molecule has 3 heteroatoms. The van der Waals surface area contributed by atoms with Crippen LogP contribution in [0.25, 0.3) is 0 Å². The van der Waals surface area contributed by atoms with Gasteiger partial charge in [-0.2, -0.15) is 0 Å². The van der Waals surface area contributed by atoms with Gasteiger partial charge >= 0.3 is 0 Å². The van der Waals surface area contributed by atoms with Crippen LogP contribution in [0.15, 0.2) is 29.2 Å². The number of anilines is 1. The minimum Gasteiger partial charge on any atom is -0.374 e. The molecule has 1 aromatic rings. The van der Waals surface area contributed by atoms with Crippen LogP contribution in [0, 0.1) is 5.92 Å². The van der Waals surface area contributed by atoms with Gasteiger partial charge in [0.15, 0.2) is 0 Å². The van der Waals surface area contributed by atoms with Crippen molar-refractivity contribution in [2.45, 2.75) is 18.2 Å². The molecule has 0 aliphatic heterocycles. The molecule has 1 aromatic carbocycles. The summed E-state index contributed by atoms with van der Waals surface area (Å²) < 4.78 is 0. The number of nitrogens with one attached hydrogen (secondary N) is 1. The Morgan fingerprint density at radius 1 is 1.29 bits per heavy atom. The maximum atomic E-state index is 3.26. The van der Waals surface area contributed by atoms with E-state index >= 15 is 0 Å². The largest absolute Gasteiger partial charge is 0.374 e. The first-order chi connectivity index (χ1) is 8.21. The van der Waals surface area contributed by atoms with Crippen molar-refractivity contribution >= 4 is 17.4 Å². The summed E-state index contributed by atoms with van der Waals surface area (Å²) in [5.41, 5.74) is 1.30. The zero-order valence-electron chi connectivity index (χ0n) is 11.4. The first kappa shape index (κ1) is 14.4. The van der Waals surface area contributed by atoms with Crippen LogP contribution in [0.2, 0.25) is 0 Å². The molecular formula is C14H24N2S. The van der Waals surface area contributed by atoms with Crippen molar-refractivity contribution in [1.29, 1.82) is 0 Å². The van der Waals surface area contributed by atoms with Gasteiger partial charge in [0.05, 0.1) is 0 Å². The number of hydrogen-bond acceptors (Lipinski definition) is 3. The Bertz CT molecular complexity index is 311. The van der Waals surface area contributed by atoms with Gasteiger partial charge in [-0.3, -0.25) is 0 Å². The molecule has 0 radical (unpaired) electrons. The Balaban J connectivity index is 2.58. The third-order valence-electron chi connectivity index (χ3n) is 3.12. The van der Waals surface area contributed by atoms with Gasteiger partial charge in [0.25, 0.3) is 0 Å². The average molecular weight is 252 g/mol. The molecule has 2 nitrogen and oxygen atoms in total. The highest BCUT2D eigenvalue weighted by atomic mass is 32.2. The molecule has 0 spiro atoms. The molecule has 0 aliphatic rings. The fraction of sp³-hybridized carbons (Fsp3) is 0.571. The molecule has 0 saturated carbocycles. The lowest BCUT2D eigenvalue weighted by Gasteiger charge is -2.25. The Kier molecular flexibility index (Phi) is 6.45. The van der Waals surface area contributed by atoms with E-state index < -0.39 is 0 Å². The first-order valence-corrected chi connectivity index (χ1v) is 7.43. The van der Waals surface area contributed by atoms with Gasteiger partial charge in [-0.05, 0) is 50.0 Å². The van der Waals surface area contributed by atoms with Gasteiger partial charge in [-0.25, -0.2) is 0 Å². The molecule has 1 atom stereocenters. The minimum atomic E-state index is 0.713. The Morgan fingerprint density at radius 2 is 1.94 bits per heavy atom. The van der Waals surface area contributed by atoms with E-state index in [1.807, 2.05) is 7.05 Å². The third-order valence-corrected chi connectivity index (χ3v) is 3.86. The lowest BCUT2D eigenvalue weighted by atomic mass is 10.1. The zero-order valence-corrected chi connectivity index (χ0v) is 12.2. The Labute approximate surface area is 110 Å². The molecule has 0 bridgehead atoms. The van der Waals surface area contributed by atoms with Crippen molar-refractivity contribution in [2.24, 2.45) is 5.92 Å². The lowest BCUT2D eigenvalue weighted by Crippen LogP contribution is -2.30. The van der Waals surface area contributed by atoms with E-state index in [9.17, 15) is 0 Å². The van der Waals surface area contributed by atoms with Gasteiger partial charge in [0.2, 0.25) is 0 Å². The molecule has 0 fully saturated rings. The molecule has 1 unspecified atom stereocenters. The highest BCUT2D eigenvalue weighted by molar-refractivity contribution is 7.98. The molecule has 0 amide bonds. The predicted molar refractivity (Wildman–Crippen MR) is 79.2 cm³/mol. The smallest absolute Gasteiger partial charge is 0.0364 e. The highest BCUT2D eigenvalue weighted by Crippen LogP contribution is 2.20. The summed E-state index contributed by atoms with van der Waals surface area (Å²) in [6.45, 7) is 4.45. The second-order valence-electron chi connectivity index (χ2n) is 4.41. The van der Waals surface area contributed by atoms with Crippen molar-refractivity contribution in [3.8, 4) is 0 Å². The Morgan fingerprint density at radius 3 is 2.41 bits per heavy atom. The van der Waals surface area contributed by atoms with Crippen LogP contribution in [-0.4, -0.2) is 33.4 Å². The van der Waals surface area contributed by atoms with E-state index in [0.29, 0.717) is 5.92 Å². The van der Waals surface area contributed by atoms with Crippen LogP contribution in [0.5, 0.6) is 0 Å². The quantitative estimate of drug-likeness (QED) is 0.751. The van der Waals surface area contributed by atoms with Crippen LogP contribution in [0.4, 0.5) is 5.69 Å². The number of benzene rings is 1. The van der Waals surface area contributed by atoms with Crippen LogP contribution < -0.4 is 10.2 Å². The van der Waals surface area contributed by atoms with E-state index in [1.54, 1.807) is 11.8 Å². The fourth-order valence-electron chi connectivity index (χ4n) is 1.96. The molecule has 0 heterocycles. The number of hydrogen-bond donors (Lipinski definition) is 1. The summed E-state index contributed by atoms with van der Waals surface area (Å²) in [5.74, 6) is 0.713. The predicted octanol–water partition coefficient (Wildman–Crippen LogP) is 3.09. The molecule has 0 aromatic heterocycles. The van der Waals surface area contributed by atoms with Gasteiger partial charge in [-0.1, -0.05) is 13.3 Å². The molecular weight excluding hydrogens is 228 g/mol. The normalized spacial score (nSPS) is 12.5. The van der Waals surface area contributed by atoms with Crippen molar-refractivity contribution in [3.63, 3.8) is 0 Å². The van der Waals surface area contributed by atoms with Crippen molar-refractivity contribution in [3.05, 3.63) is 24.3 Å². The van der Waals surface area contributed by atoms with Gasteiger partial charge in [0, 0.05) is 24.2 Å². The molecule has 1 rings (SSSR count). The summed E-state index contributed by atoms with van der Waals surface area (Å²) in [7, 11) is 4.20. The topological polar surface area (TPSA) is 15.3 Å². The second kappa shape index (κ2) is 7.62. The summed E-state index contributed by atoms with van der Waals surface area (Å²) in [6.07, 6.45) is 3.33. The van der Waals surface area contributed by atoms with Gasteiger partial charge < -0.3 is 10.2 Å². The van der Waals surface area contributed by atoms with Crippen molar-refractivity contribution in [2.75, 3.05) is 38.3 Å². The van der Waals surface area contributed by atoms with Crippen molar-refractivity contribution in [1.82, 2.24) is 5.32 Å². The van der Waals surface area contributed by atoms with Gasteiger partial charge in [-0.15, -0.1) is 11.8 Å². The SMILES string of the molecule is CCC(CNC)CN(C)c1ccc(SC)cc1. The fourth-order valence-corrected chi connectivity index (χ4v) is 2.36. The molecule has 1 N–H and O–H groups in total. The monoisotopic (exact) mass is 252 g/mol. The highest BCUT2D eigenvalue weighted by Gasteiger charge is 2.09. The van der Waals surface area contributed by atoms with E-state index in [2.05, 4.69) is 54.7 Å². The van der Waals surface area contributed by atoms with Crippen LogP contribution in [0.1, 0.15) is 13.3 Å².